The van der Waals surface area contributed by atoms with Crippen LogP contribution in [-0.2, 0) is 9.53 Å². The number of carbonyl (C=O) groups is 2. The minimum atomic E-state index is -0.941. The summed E-state index contributed by atoms with van der Waals surface area (Å²) in [7, 11) is 3.13. The number of carboxylic acid groups (broad SMARTS) is 1. The van der Waals surface area contributed by atoms with Gasteiger partial charge in [0, 0.05) is 32.5 Å². The minimum absolute atomic E-state index is 0.0932. The molecule has 21 heavy (non-hydrogen) atoms. The van der Waals surface area contributed by atoms with Crippen molar-refractivity contribution in [3.63, 3.8) is 0 Å². The lowest BCUT2D eigenvalue weighted by Gasteiger charge is -2.17. The van der Waals surface area contributed by atoms with Gasteiger partial charge >= 0.3 is 12.0 Å². The average molecular weight is 296 g/mol. The van der Waals surface area contributed by atoms with Crippen LogP contribution < -0.4 is 10.1 Å². The molecule has 1 rings (SSSR count). The fourth-order valence-electron chi connectivity index (χ4n) is 1.49. The highest BCUT2D eigenvalue weighted by Gasteiger charge is 2.10. The Labute approximate surface area is 123 Å². The fraction of sp³-hybridized carbons (Fsp3) is 0.429. The van der Waals surface area contributed by atoms with Gasteiger partial charge in [-0.25, -0.2) is 4.79 Å². The van der Waals surface area contributed by atoms with Crippen molar-refractivity contribution in [3.05, 3.63) is 24.3 Å². The summed E-state index contributed by atoms with van der Waals surface area (Å²) in [5.74, 6) is -0.318. The van der Waals surface area contributed by atoms with Gasteiger partial charge in [0.2, 0.25) is 0 Å². The molecule has 2 N–H and O–H groups in total. The number of aliphatic carboxylic acids is 1. The lowest BCUT2D eigenvalue weighted by atomic mass is 10.3. The lowest BCUT2D eigenvalue weighted by Crippen LogP contribution is -2.33. The summed E-state index contributed by atoms with van der Waals surface area (Å²) in [5.41, 5.74) is 0.581. The van der Waals surface area contributed by atoms with Gasteiger partial charge in [0.1, 0.15) is 12.4 Å². The SMILES string of the molecule is COCCOc1cccc(NC(=O)N(C)CCC(=O)O)c1. The summed E-state index contributed by atoms with van der Waals surface area (Å²) >= 11 is 0. The molecule has 0 atom stereocenters. The average Bonchev–Trinajstić information content (AvgIpc) is 2.45. The highest BCUT2D eigenvalue weighted by Crippen LogP contribution is 2.17. The maximum atomic E-state index is 11.9. The number of nitrogens with one attached hydrogen (secondary N) is 1. The Morgan fingerprint density at radius 1 is 1.33 bits per heavy atom. The topological polar surface area (TPSA) is 88.1 Å². The first-order valence-electron chi connectivity index (χ1n) is 6.48. The first-order chi connectivity index (χ1) is 10.0. The van der Waals surface area contributed by atoms with Gasteiger partial charge in [-0.15, -0.1) is 0 Å². The molecule has 0 saturated carbocycles. The predicted octanol–water partition coefficient (Wildman–Crippen LogP) is 1.65. The summed E-state index contributed by atoms with van der Waals surface area (Å²) in [6, 6.07) is 6.59. The van der Waals surface area contributed by atoms with Crippen molar-refractivity contribution in [2.75, 3.05) is 39.2 Å². The van der Waals surface area contributed by atoms with Gasteiger partial charge in [-0.1, -0.05) is 6.07 Å². The fourth-order valence-corrected chi connectivity index (χ4v) is 1.49. The van der Waals surface area contributed by atoms with E-state index in [4.69, 9.17) is 14.6 Å². The molecule has 0 heterocycles. The molecular formula is C14H20N2O5. The minimum Gasteiger partial charge on any atom is -0.491 e. The van der Waals surface area contributed by atoms with Crippen LogP contribution in [0.3, 0.4) is 0 Å². The van der Waals surface area contributed by atoms with Gasteiger partial charge in [0.25, 0.3) is 0 Å². The van der Waals surface area contributed by atoms with E-state index in [-0.39, 0.29) is 19.0 Å². The van der Waals surface area contributed by atoms with Crippen LogP contribution in [0.15, 0.2) is 24.3 Å². The Balaban J connectivity index is 2.51. The van der Waals surface area contributed by atoms with Gasteiger partial charge in [-0.05, 0) is 12.1 Å². The van der Waals surface area contributed by atoms with Crippen LogP contribution in [0.5, 0.6) is 5.75 Å². The molecule has 0 spiro atoms. The molecule has 0 radical (unpaired) electrons. The van der Waals surface area contributed by atoms with E-state index < -0.39 is 5.97 Å². The van der Waals surface area contributed by atoms with E-state index in [2.05, 4.69) is 5.32 Å². The van der Waals surface area contributed by atoms with Crippen LogP contribution in [0.2, 0.25) is 0 Å². The smallest absolute Gasteiger partial charge is 0.321 e. The number of rotatable bonds is 8. The molecule has 0 aliphatic rings. The number of nitrogens with zero attached hydrogens (tertiary/aromatic N) is 1. The third-order valence-electron chi connectivity index (χ3n) is 2.65. The third kappa shape index (κ3) is 6.62. The van der Waals surface area contributed by atoms with Crippen LogP contribution in [-0.4, -0.2) is 55.9 Å². The zero-order chi connectivity index (χ0) is 15.7. The zero-order valence-electron chi connectivity index (χ0n) is 12.2. The van der Waals surface area contributed by atoms with Gasteiger partial charge < -0.3 is 24.8 Å². The molecule has 7 heteroatoms. The summed E-state index contributed by atoms with van der Waals surface area (Å²) in [6.45, 7) is 1.05. The Hall–Kier alpha value is -2.28. The number of carboxylic acids is 1. The number of anilines is 1. The highest BCUT2D eigenvalue weighted by atomic mass is 16.5. The Morgan fingerprint density at radius 2 is 2.10 bits per heavy atom. The van der Waals surface area contributed by atoms with Crippen molar-refractivity contribution in [3.8, 4) is 5.75 Å². The molecule has 1 aromatic rings. The van der Waals surface area contributed by atoms with E-state index in [1.807, 2.05) is 0 Å². The van der Waals surface area contributed by atoms with Gasteiger partial charge in [0.05, 0.1) is 13.0 Å². The first-order valence-corrected chi connectivity index (χ1v) is 6.48. The molecule has 116 valence electrons. The number of benzene rings is 1. The number of ether oxygens (including phenoxy) is 2. The van der Waals surface area contributed by atoms with Crippen LogP contribution in [0, 0.1) is 0 Å². The Morgan fingerprint density at radius 3 is 2.76 bits per heavy atom. The van der Waals surface area contributed by atoms with E-state index in [0.717, 1.165) is 0 Å². The van der Waals surface area contributed by atoms with Crippen molar-refractivity contribution >= 4 is 17.7 Å². The molecule has 0 aliphatic carbocycles. The van der Waals surface area contributed by atoms with Gasteiger partial charge in [-0.3, -0.25) is 4.79 Å². The van der Waals surface area contributed by atoms with Crippen molar-refractivity contribution in [2.45, 2.75) is 6.42 Å². The maximum absolute atomic E-state index is 11.9. The summed E-state index contributed by atoms with van der Waals surface area (Å²) in [5, 5.41) is 11.3. The molecule has 0 fully saturated rings. The molecule has 7 nitrogen and oxygen atoms in total. The molecule has 1 aromatic carbocycles. The van der Waals surface area contributed by atoms with Crippen LogP contribution in [0.1, 0.15) is 6.42 Å². The van der Waals surface area contributed by atoms with Gasteiger partial charge in [0.15, 0.2) is 0 Å². The second kappa shape index (κ2) is 8.80. The lowest BCUT2D eigenvalue weighted by molar-refractivity contribution is -0.137. The quantitative estimate of drug-likeness (QED) is 0.712. The number of hydrogen-bond acceptors (Lipinski definition) is 4. The molecule has 2 amide bonds. The molecular weight excluding hydrogens is 276 g/mol. The normalized spacial score (nSPS) is 10.0. The van der Waals surface area contributed by atoms with Crippen molar-refractivity contribution in [1.82, 2.24) is 4.90 Å². The number of methoxy groups -OCH3 is 1. The van der Waals surface area contributed by atoms with Crippen LogP contribution >= 0.6 is 0 Å². The maximum Gasteiger partial charge on any atom is 0.321 e. The Bertz CT molecular complexity index is 478. The zero-order valence-corrected chi connectivity index (χ0v) is 12.2. The van der Waals surface area contributed by atoms with Crippen LogP contribution in [0.25, 0.3) is 0 Å². The predicted molar refractivity (Wildman–Crippen MR) is 77.7 cm³/mol. The first kappa shape index (κ1) is 16.8. The monoisotopic (exact) mass is 296 g/mol. The van der Waals surface area contributed by atoms with Crippen molar-refractivity contribution < 1.29 is 24.2 Å². The van der Waals surface area contributed by atoms with E-state index in [1.165, 1.54) is 11.9 Å². The number of amides is 2. The van der Waals surface area contributed by atoms with Gasteiger partial charge in [-0.2, -0.15) is 0 Å². The van der Waals surface area contributed by atoms with E-state index >= 15 is 0 Å². The van der Waals surface area contributed by atoms with Crippen LogP contribution in [0.4, 0.5) is 10.5 Å². The molecule has 0 bridgehead atoms. The second-order valence-electron chi connectivity index (χ2n) is 4.36. The summed E-state index contributed by atoms with van der Waals surface area (Å²) < 4.78 is 10.3. The summed E-state index contributed by atoms with van der Waals surface area (Å²) in [4.78, 5) is 23.6. The van der Waals surface area contributed by atoms with E-state index in [0.29, 0.717) is 24.7 Å². The Kier molecular flexibility index (Phi) is 7.03. The van der Waals surface area contributed by atoms with E-state index in [9.17, 15) is 9.59 Å². The van der Waals surface area contributed by atoms with Crippen molar-refractivity contribution in [2.24, 2.45) is 0 Å². The molecule has 0 aliphatic heterocycles. The van der Waals surface area contributed by atoms with E-state index in [1.54, 1.807) is 31.4 Å². The van der Waals surface area contributed by atoms with Crippen molar-refractivity contribution in [1.29, 1.82) is 0 Å². The number of hydrogen-bond donors (Lipinski definition) is 2. The molecule has 0 unspecified atom stereocenters. The number of carbonyl (C=O) groups excluding carboxylic acids is 1. The second-order valence-corrected chi connectivity index (χ2v) is 4.36. The number of urea groups is 1. The summed E-state index contributed by atoms with van der Waals surface area (Å²) in [6.07, 6.45) is -0.0932. The highest BCUT2D eigenvalue weighted by molar-refractivity contribution is 5.89. The standard InChI is InChI=1S/C14H20N2O5/c1-16(7-6-13(17)18)14(19)15-11-4-3-5-12(10-11)21-9-8-20-2/h3-5,10H,6-9H2,1-2H3,(H,15,19)(H,17,18). The third-order valence-corrected chi connectivity index (χ3v) is 2.65. The molecule has 0 saturated heterocycles. The molecule has 0 aromatic heterocycles. The largest absolute Gasteiger partial charge is 0.491 e.